The SMILES string of the molecule is NCCCO.O.O=C([O-])c1ccc2ccccc2n1.O=C([O-])c1ccc2ccccc2n1.[Zn+2]. The van der Waals surface area contributed by atoms with Crippen LogP contribution < -0.4 is 15.9 Å². The van der Waals surface area contributed by atoms with Crippen LogP contribution in [0.2, 0.25) is 0 Å². The van der Waals surface area contributed by atoms with Gasteiger partial charge in [0.25, 0.3) is 0 Å². The second-order valence-corrected chi connectivity index (χ2v) is 6.22. The maximum absolute atomic E-state index is 10.5. The van der Waals surface area contributed by atoms with E-state index in [1.165, 1.54) is 12.1 Å². The molecule has 0 saturated carbocycles. The van der Waals surface area contributed by atoms with Crippen molar-refractivity contribution >= 4 is 33.7 Å². The van der Waals surface area contributed by atoms with Crippen molar-refractivity contribution in [2.24, 2.45) is 5.73 Å². The molecule has 0 unspecified atom stereocenters. The Labute approximate surface area is 203 Å². The predicted molar refractivity (Wildman–Crippen MR) is 117 cm³/mol. The average molecular weight is 503 g/mol. The Balaban J connectivity index is 0.000000494. The first kappa shape index (κ1) is 29.7. The third-order valence-electron chi connectivity index (χ3n) is 3.98. The Morgan fingerprint density at radius 3 is 1.45 bits per heavy atom. The number of aromatic nitrogens is 2. The van der Waals surface area contributed by atoms with Crippen LogP contribution in [-0.2, 0) is 19.5 Å². The molecule has 168 valence electrons. The van der Waals surface area contributed by atoms with E-state index < -0.39 is 11.9 Å². The number of hydrogen-bond donors (Lipinski definition) is 2. The zero-order valence-electron chi connectivity index (χ0n) is 17.8. The van der Waals surface area contributed by atoms with Crippen LogP contribution in [0.15, 0.2) is 72.8 Å². The first-order valence-electron chi connectivity index (χ1n) is 9.41. The molecule has 0 amide bonds. The molecule has 0 aliphatic heterocycles. The molecular weight excluding hydrogens is 480 g/mol. The molecule has 0 saturated heterocycles. The number of fused-ring (bicyclic) bond motifs is 2. The van der Waals surface area contributed by atoms with E-state index in [9.17, 15) is 19.8 Å². The Bertz CT molecular complexity index is 1080. The number of para-hydroxylation sites is 2. The van der Waals surface area contributed by atoms with Crippen LogP contribution in [0, 0.1) is 0 Å². The summed E-state index contributed by atoms with van der Waals surface area (Å²) in [5.41, 5.74) is 6.26. The monoisotopic (exact) mass is 501 g/mol. The molecule has 4 rings (SSSR count). The number of carbonyl (C=O) groups excluding carboxylic acids is 2. The van der Waals surface area contributed by atoms with E-state index in [0.717, 1.165) is 17.2 Å². The molecule has 0 spiro atoms. The molecule has 9 nitrogen and oxygen atoms in total. The number of nitrogens with two attached hydrogens (primary N) is 1. The van der Waals surface area contributed by atoms with Gasteiger partial charge in [0.15, 0.2) is 0 Å². The van der Waals surface area contributed by atoms with E-state index >= 15 is 0 Å². The summed E-state index contributed by atoms with van der Waals surface area (Å²) < 4.78 is 0. The third-order valence-corrected chi connectivity index (χ3v) is 3.98. The first-order chi connectivity index (χ1) is 15.0. The van der Waals surface area contributed by atoms with Crippen molar-refractivity contribution in [3.63, 3.8) is 0 Å². The minimum absolute atomic E-state index is 0. The van der Waals surface area contributed by atoms with Crippen LogP contribution in [0.5, 0.6) is 0 Å². The van der Waals surface area contributed by atoms with E-state index in [1.807, 2.05) is 36.4 Å². The smallest absolute Gasteiger partial charge is 0.543 e. The van der Waals surface area contributed by atoms with E-state index in [2.05, 4.69) is 9.97 Å². The Morgan fingerprint density at radius 2 is 1.15 bits per heavy atom. The minimum Gasteiger partial charge on any atom is -0.543 e. The zero-order chi connectivity index (χ0) is 22.6. The number of pyridine rings is 2. The maximum Gasteiger partial charge on any atom is 2.00 e. The molecule has 4 aromatic rings. The summed E-state index contributed by atoms with van der Waals surface area (Å²) >= 11 is 0. The van der Waals surface area contributed by atoms with Gasteiger partial charge in [0.2, 0.25) is 0 Å². The van der Waals surface area contributed by atoms with Crippen molar-refractivity contribution < 1.29 is 49.9 Å². The van der Waals surface area contributed by atoms with Crippen LogP contribution in [0.1, 0.15) is 27.4 Å². The average Bonchev–Trinajstić information content (AvgIpc) is 2.79. The summed E-state index contributed by atoms with van der Waals surface area (Å²) in [6.07, 6.45) is 0.722. The molecule has 2 heterocycles. The van der Waals surface area contributed by atoms with Crippen molar-refractivity contribution in [1.29, 1.82) is 0 Å². The molecule has 0 fully saturated rings. The molecule has 0 aliphatic carbocycles. The summed E-state index contributed by atoms with van der Waals surface area (Å²) in [7, 11) is 0. The molecule has 0 atom stereocenters. The second-order valence-electron chi connectivity index (χ2n) is 6.22. The van der Waals surface area contributed by atoms with Gasteiger partial charge in [-0.15, -0.1) is 0 Å². The Morgan fingerprint density at radius 1 is 0.758 bits per heavy atom. The number of rotatable bonds is 4. The molecular formula is C23H23N3O6Zn. The molecule has 10 heteroatoms. The van der Waals surface area contributed by atoms with Gasteiger partial charge in [0.05, 0.1) is 34.4 Å². The van der Waals surface area contributed by atoms with Crippen LogP contribution in [0.25, 0.3) is 21.8 Å². The Kier molecular flexibility index (Phi) is 13.9. The van der Waals surface area contributed by atoms with Gasteiger partial charge < -0.3 is 36.1 Å². The summed E-state index contributed by atoms with van der Waals surface area (Å²) in [5.74, 6) is -2.49. The van der Waals surface area contributed by atoms with Gasteiger partial charge in [-0.2, -0.15) is 0 Å². The van der Waals surface area contributed by atoms with Crippen LogP contribution >= 0.6 is 0 Å². The fourth-order valence-corrected chi connectivity index (χ4v) is 2.45. The van der Waals surface area contributed by atoms with Crippen molar-refractivity contribution in [2.45, 2.75) is 6.42 Å². The van der Waals surface area contributed by atoms with Crippen molar-refractivity contribution in [1.82, 2.24) is 9.97 Å². The molecule has 0 radical (unpaired) electrons. The number of carbonyl (C=O) groups is 2. The molecule has 2 aromatic carbocycles. The minimum atomic E-state index is -1.24. The van der Waals surface area contributed by atoms with E-state index in [-0.39, 0.29) is 42.9 Å². The number of benzene rings is 2. The first-order valence-corrected chi connectivity index (χ1v) is 9.41. The van der Waals surface area contributed by atoms with Gasteiger partial charge in [0.1, 0.15) is 0 Å². The largest absolute Gasteiger partial charge is 2.00 e. The fraction of sp³-hybridized carbons (Fsp3) is 0.130. The second kappa shape index (κ2) is 15.5. The maximum atomic E-state index is 10.5. The number of aromatic carboxylic acids is 2. The number of carboxylic acids is 2. The molecule has 5 N–H and O–H groups in total. The van der Waals surface area contributed by atoms with Gasteiger partial charge in [0, 0.05) is 17.4 Å². The molecule has 0 aliphatic rings. The predicted octanol–water partition coefficient (Wildman–Crippen LogP) is -0.303. The Hall–Kier alpha value is -3.30. The van der Waals surface area contributed by atoms with Crippen LogP contribution in [0.4, 0.5) is 0 Å². The van der Waals surface area contributed by atoms with Crippen molar-refractivity contribution in [2.75, 3.05) is 13.2 Å². The summed E-state index contributed by atoms with van der Waals surface area (Å²) in [6, 6.07) is 21.0. The number of aliphatic hydroxyl groups excluding tert-OH is 1. The topological polar surface area (TPSA) is 184 Å². The molecule has 0 bridgehead atoms. The van der Waals surface area contributed by atoms with Gasteiger partial charge in [-0.05, 0) is 37.2 Å². The van der Waals surface area contributed by atoms with Crippen LogP contribution in [-0.4, -0.2) is 45.6 Å². The number of nitrogens with zero attached hydrogens (tertiary/aromatic N) is 2. The molecule has 2 aromatic heterocycles. The number of aliphatic hydroxyl groups is 1. The van der Waals surface area contributed by atoms with E-state index in [4.69, 9.17) is 10.8 Å². The normalized spacial score (nSPS) is 9.27. The quantitative estimate of drug-likeness (QED) is 0.356. The standard InChI is InChI=1S/2C10H7NO2.C3H9NO.H2O.Zn/c2*12-10(13)9-6-5-7-3-1-2-4-8(7)11-9;4-2-1-3-5;;/h2*1-6H,(H,12,13);5H,1-4H2;1H2;/q;;;;+2/p-2. The molecule has 33 heavy (non-hydrogen) atoms. The van der Waals surface area contributed by atoms with Gasteiger partial charge in [-0.3, -0.25) is 0 Å². The van der Waals surface area contributed by atoms with Gasteiger partial charge >= 0.3 is 19.5 Å². The number of hydrogen-bond acceptors (Lipinski definition) is 8. The third kappa shape index (κ3) is 9.38. The zero-order valence-corrected chi connectivity index (χ0v) is 20.8. The van der Waals surface area contributed by atoms with Gasteiger partial charge in [-0.25, -0.2) is 9.97 Å². The summed E-state index contributed by atoms with van der Waals surface area (Å²) in [5, 5.41) is 30.8. The van der Waals surface area contributed by atoms with Gasteiger partial charge in [-0.1, -0.05) is 48.5 Å². The van der Waals surface area contributed by atoms with Crippen molar-refractivity contribution in [3.05, 3.63) is 84.2 Å². The fourth-order valence-electron chi connectivity index (χ4n) is 2.45. The van der Waals surface area contributed by atoms with E-state index in [0.29, 0.717) is 17.6 Å². The van der Waals surface area contributed by atoms with Crippen molar-refractivity contribution in [3.8, 4) is 0 Å². The van der Waals surface area contributed by atoms with Crippen LogP contribution in [0.3, 0.4) is 0 Å². The summed E-state index contributed by atoms with van der Waals surface area (Å²) in [4.78, 5) is 28.8. The summed E-state index contributed by atoms with van der Waals surface area (Å²) in [6.45, 7) is 0.812. The van der Waals surface area contributed by atoms with E-state index in [1.54, 1.807) is 24.3 Å². The number of carboxylic acid groups (broad SMARTS) is 2.